The number of likely N-dealkylation sites (tertiary alicyclic amines) is 1. The first-order valence-corrected chi connectivity index (χ1v) is 9.36. The number of aryl methyl sites for hydroxylation is 1. The van der Waals surface area contributed by atoms with Crippen LogP contribution in [0, 0.1) is 0 Å². The van der Waals surface area contributed by atoms with Gasteiger partial charge in [-0.05, 0) is 48.7 Å². The highest BCUT2D eigenvalue weighted by Gasteiger charge is 2.33. The summed E-state index contributed by atoms with van der Waals surface area (Å²) < 4.78 is 7.43. The van der Waals surface area contributed by atoms with Crippen molar-refractivity contribution in [2.24, 2.45) is 0 Å². The summed E-state index contributed by atoms with van der Waals surface area (Å²) in [5.41, 5.74) is 3.86. The number of methoxy groups -OCH3 is 1. The molecule has 1 aliphatic rings. The minimum atomic E-state index is -0.0820. The molecule has 0 aliphatic carbocycles. The largest absolute Gasteiger partial charge is 0.497 e. The minimum Gasteiger partial charge on any atom is -0.497 e. The van der Waals surface area contributed by atoms with E-state index in [1.165, 1.54) is 0 Å². The number of anilines is 1. The van der Waals surface area contributed by atoms with Crippen LogP contribution < -0.4 is 10.1 Å². The Balaban J connectivity index is 1.48. The van der Waals surface area contributed by atoms with Gasteiger partial charge in [-0.3, -0.25) is 0 Å². The molecule has 0 saturated carbocycles. The third-order valence-electron chi connectivity index (χ3n) is 5.10. The van der Waals surface area contributed by atoms with Crippen LogP contribution in [0.25, 0.3) is 11.0 Å². The molecule has 0 bridgehead atoms. The van der Waals surface area contributed by atoms with Crippen LogP contribution in [-0.4, -0.2) is 34.1 Å². The number of rotatable bonds is 5. The summed E-state index contributed by atoms with van der Waals surface area (Å²) in [7, 11) is 1.66. The molecule has 4 rings (SSSR count). The van der Waals surface area contributed by atoms with Crippen LogP contribution in [0.2, 0.25) is 0 Å². The summed E-state index contributed by atoms with van der Waals surface area (Å²) in [6, 6.07) is 13.8. The number of urea groups is 1. The number of hydrogen-bond donors (Lipinski definition) is 1. The molecule has 2 amide bonds. The van der Waals surface area contributed by atoms with Gasteiger partial charge >= 0.3 is 6.03 Å². The second-order valence-corrected chi connectivity index (χ2v) is 6.85. The van der Waals surface area contributed by atoms with Crippen LogP contribution in [0.1, 0.15) is 31.4 Å². The molecule has 140 valence electrons. The Kier molecular flexibility index (Phi) is 4.71. The Morgan fingerprint density at radius 3 is 2.93 bits per heavy atom. The number of benzene rings is 2. The van der Waals surface area contributed by atoms with Crippen molar-refractivity contribution in [3.05, 3.63) is 54.4 Å². The minimum absolute atomic E-state index is 0.0820. The predicted molar refractivity (Wildman–Crippen MR) is 106 cm³/mol. The Labute approximate surface area is 158 Å². The first-order chi connectivity index (χ1) is 13.2. The first-order valence-electron chi connectivity index (χ1n) is 9.36. The van der Waals surface area contributed by atoms with Gasteiger partial charge in [-0.25, -0.2) is 9.78 Å². The van der Waals surface area contributed by atoms with Crippen LogP contribution in [0.4, 0.5) is 10.5 Å². The Morgan fingerprint density at radius 2 is 2.19 bits per heavy atom. The summed E-state index contributed by atoms with van der Waals surface area (Å²) in [6.45, 7) is 3.84. The molecular formula is C21H24N4O2. The topological polar surface area (TPSA) is 59.4 Å². The number of amides is 2. The smallest absolute Gasteiger partial charge is 0.322 e. The molecule has 1 saturated heterocycles. The number of fused-ring (bicyclic) bond motifs is 1. The SMILES string of the molecule is CCCn1cnc2cc(NC(=O)N3CC[C@@H]3c3cccc(OC)c3)ccc21. The van der Waals surface area contributed by atoms with E-state index in [1.54, 1.807) is 7.11 Å². The molecule has 1 N–H and O–H groups in total. The normalized spacial score (nSPS) is 16.2. The van der Waals surface area contributed by atoms with Crippen molar-refractivity contribution in [3.63, 3.8) is 0 Å². The van der Waals surface area contributed by atoms with Crippen molar-refractivity contribution in [3.8, 4) is 5.75 Å². The fraction of sp³-hybridized carbons (Fsp3) is 0.333. The van der Waals surface area contributed by atoms with Crippen molar-refractivity contribution in [2.45, 2.75) is 32.4 Å². The van der Waals surface area contributed by atoms with Gasteiger partial charge in [-0.2, -0.15) is 0 Å². The molecule has 1 aromatic heterocycles. The van der Waals surface area contributed by atoms with E-state index in [4.69, 9.17) is 4.74 Å². The molecule has 3 aromatic rings. The average molecular weight is 364 g/mol. The average Bonchev–Trinajstić information content (AvgIpc) is 3.03. The standard InChI is InChI=1S/C21H24N4O2/c1-3-10-24-14-22-18-13-16(7-8-20(18)24)23-21(26)25-11-9-19(25)15-5-4-6-17(12-15)27-2/h4-8,12-14,19H,3,9-11H2,1-2H3,(H,23,26)/t19-/m1/s1. The molecule has 6 heteroatoms. The van der Waals surface area contributed by atoms with Gasteiger partial charge < -0.3 is 19.5 Å². The molecule has 0 spiro atoms. The number of aromatic nitrogens is 2. The summed E-state index contributed by atoms with van der Waals surface area (Å²) >= 11 is 0. The molecule has 1 fully saturated rings. The highest BCUT2D eigenvalue weighted by atomic mass is 16.5. The third-order valence-corrected chi connectivity index (χ3v) is 5.10. The number of hydrogen-bond acceptors (Lipinski definition) is 3. The van der Waals surface area contributed by atoms with Crippen molar-refractivity contribution in [1.82, 2.24) is 14.5 Å². The Morgan fingerprint density at radius 1 is 1.30 bits per heavy atom. The Hall–Kier alpha value is -3.02. The van der Waals surface area contributed by atoms with Crippen molar-refractivity contribution < 1.29 is 9.53 Å². The lowest BCUT2D eigenvalue weighted by Gasteiger charge is -2.41. The van der Waals surface area contributed by atoms with Crippen LogP contribution in [-0.2, 0) is 6.54 Å². The number of carbonyl (C=O) groups is 1. The number of nitrogens with zero attached hydrogens (tertiary/aromatic N) is 3. The van der Waals surface area contributed by atoms with Crippen molar-refractivity contribution >= 4 is 22.8 Å². The van der Waals surface area contributed by atoms with Gasteiger partial charge in [0, 0.05) is 18.8 Å². The molecule has 2 heterocycles. The summed E-state index contributed by atoms with van der Waals surface area (Å²) in [5.74, 6) is 0.813. The van der Waals surface area contributed by atoms with E-state index in [9.17, 15) is 4.79 Å². The van der Waals surface area contributed by atoms with E-state index >= 15 is 0 Å². The molecule has 1 atom stereocenters. The number of nitrogens with one attached hydrogen (secondary N) is 1. The maximum Gasteiger partial charge on any atom is 0.322 e. The summed E-state index contributed by atoms with van der Waals surface area (Å²) in [5, 5.41) is 3.01. The molecule has 2 aromatic carbocycles. The zero-order valence-electron chi connectivity index (χ0n) is 15.7. The van der Waals surface area contributed by atoms with Gasteiger partial charge in [0.2, 0.25) is 0 Å². The van der Waals surface area contributed by atoms with Gasteiger partial charge in [0.1, 0.15) is 5.75 Å². The summed E-state index contributed by atoms with van der Waals surface area (Å²) in [4.78, 5) is 19.0. The monoisotopic (exact) mass is 364 g/mol. The van der Waals surface area contributed by atoms with Crippen LogP contribution in [0.15, 0.2) is 48.8 Å². The van der Waals surface area contributed by atoms with E-state index in [1.807, 2.05) is 53.7 Å². The maximum absolute atomic E-state index is 12.7. The highest BCUT2D eigenvalue weighted by molar-refractivity contribution is 5.92. The molecule has 6 nitrogen and oxygen atoms in total. The van der Waals surface area contributed by atoms with Gasteiger partial charge in [-0.15, -0.1) is 0 Å². The highest BCUT2D eigenvalue weighted by Crippen LogP contribution is 2.35. The molecule has 1 aliphatic heterocycles. The number of imidazole rings is 1. The lowest BCUT2D eigenvalue weighted by molar-refractivity contribution is 0.126. The third kappa shape index (κ3) is 3.35. The molecular weight excluding hydrogens is 340 g/mol. The maximum atomic E-state index is 12.7. The molecule has 27 heavy (non-hydrogen) atoms. The molecule has 0 unspecified atom stereocenters. The fourth-order valence-corrected chi connectivity index (χ4v) is 3.58. The van der Waals surface area contributed by atoms with Crippen LogP contribution in [0.5, 0.6) is 5.75 Å². The van der Waals surface area contributed by atoms with E-state index in [0.717, 1.165) is 54.0 Å². The van der Waals surface area contributed by atoms with E-state index < -0.39 is 0 Å². The zero-order valence-corrected chi connectivity index (χ0v) is 15.7. The van der Waals surface area contributed by atoms with Crippen LogP contribution in [0.3, 0.4) is 0 Å². The fourth-order valence-electron chi connectivity index (χ4n) is 3.58. The predicted octanol–water partition coefficient (Wildman–Crippen LogP) is 4.43. The van der Waals surface area contributed by atoms with Gasteiger partial charge in [-0.1, -0.05) is 19.1 Å². The lowest BCUT2D eigenvalue weighted by Crippen LogP contribution is -2.47. The van der Waals surface area contributed by atoms with Gasteiger partial charge in [0.25, 0.3) is 0 Å². The lowest BCUT2D eigenvalue weighted by atomic mass is 9.95. The second kappa shape index (κ2) is 7.31. The number of carbonyl (C=O) groups excluding carboxylic acids is 1. The quantitative estimate of drug-likeness (QED) is 0.728. The van der Waals surface area contributed by atoms with Crippen molar-refractivity contribution in [2.75, 3.05) is 19.0 Å². The van der Waals surface area contributed by atoms with Crippen molar-refractivity contribution in [1.29, 1.82) is 0 Å². The first kappa shape index (κ1) is 17.4. The zero-order chi connectivity index (χ0) is 18.8. The second-order valence-electron chi connectivity index (χ2n) is 6.85. The number of ether oxygens (including phenoxy) is 1. The van der Waals surface area contributed by atoms with E-state index in [-0.39, 0.29) is 12.1 Å². The van der Waals surface area contributed by atoms with E-state index in [0.29, 0.717) is 0 Å². The Bertz CT molecular complexity index is 966. The van der Waals surface area contributed by atoms with Gasteiger partial charge in [0.05, 0.1) is 30.5 Å². The van der Waals surface area contributed by atoms with E-state index in [2.05, 4.69) is 21.8 Å². The summed E-state index contributed by atoms with van der Waals surface area (Å²) in [6.07, 6.45) is 3.87. The van der Waals surface area contributed by atoms with Gasteiger partial charge in [0.15, 0.2) is 0 Å². The molecule has 0 radical (unpaired) electrons. The van der Waals surface area contributed by atoms with Crippen LogP contribution >= 0.6 is 0 Å².